The molecular formula is C27H47N3O6S. The minimum absolute atomic E-state index is 0.0652. The molecule has 2 unspecified atom stereocenters. The number of carbonyl (C=O) groups excluding carboxylic acids is 2. The molecular weight excluding hydrogens is 494 g/mol. The molecule has 0 aliphatic carbocycles. The van der Waals surface area contributed by atoms with E-state index in [0.29, 0.717) is 77.1 Å². The maximum absolute atomic E-state index is 12.4. The molecule has 2 aliphatic heterocycles. The summed E-state index contributed by atoms with van der Waals surface area (Å²) in [6, 6.07) is 0.693. The molecule has 0 aromatic heterocycles. The lowest BCUT2D eigenvalue weighted by Gasteiger charge is -2.27. The van der Waals surface area contributed by atoms with Crippen LogP contribution < -0.4 is 10.6 Å². The summed E-state index contributed by atoms with van der Waals surface area (Å²) in [5, 5.41) is 6.56. The fourth-order valence-corrected chi connectivity index (χ4v) is 6.19. The van der Waals surface area contributed by atoms with Gasteiger partial charge in [0.2, 0.25) is 5.91 Å². The molecule has 2 fully saturated rings. The Morgan fingerprint density at radius 1 is 1.03 bits per heavy atom. The van der Waals surface area contributed by atoms with Crippen molar-refractivity contribution in [3.63, 3.8) is 0 Å². The van der Waals surface area contributed by atoms with Crippen molar-refractivity contribution in [1.29, 1.82) is 0 Å². The first kappa shape index (κ1) is 31.7. The quantitative estimate of drug-likeness (QED) is 0.117. The molecule has 0 aromatic rings. The Morgan fingerprint density at radius 2 is 1.73 bits per heavy atom. The summed E-state index contributed by atoms with van der Waals surface area (Å²) in [4.78, 5) is 26.6. The molecule has 37 heavy (non-hydrogen) atoms. The smallest absolute Gasteiger partial charge is 0.318 e. The Bertz CT molecular complexity index is 677. The van der Waals surface area contributed by atoms with Gasteiger partial charge in [-0.2, -0.15) is 11.8 Å². The molecule has 3 amide bonds. The van der Waals surface area contributed by atoms with Crippen LogP contribution in [0.4, 0.5) is 4.79 Å². The predicted octanol–water partition coefficient (Wildman–Crippen LogP) is 2.82. The van der Waals surface area contributed by atoms with Crippen molar-refractivity contribution in [1.82, 2.24) is 15.5 Å². The normalized spacial score (nSPS) is 20.6. The molecule has 0 saturated carbocycles. The fraction of sp³-hybridized carbons (Fsp3) is 0.852. The maximum atomic E-state index is 12.4. The molecule has 2 aliphatic rings. The molecule has 0 radical (unpaired) electrons. The number of unbranched alkanes of at least 4 members (excludes halogenated alkanes) is 4. The van der Waals surface area contributed by atoms with E-state index in [2.05, 4.69) is 28.4 Å². The standard InChI is InChI=1S/C27H47N3O6S/c1-3-5-6-9-13-30-26-23(29-27(30)32)22-37-24(26)10-7-8-11-25(31)28-12-15-34-17-19-36-21-20-35-18-16-33-14-4-2/h2,23-24,26H,3,5-22H2,1H3,(H,28,31)(H,29,32)/t23?,24-,26?/m0/s1. The summed E-state index contributed by atoms with van der Waals surface area (Å²) >= 11 is 1.97. The highest BCUT2D eigenvalue weighted by atomic mass is 32.2. The van der Waals surface area contributed by atoms with Gasteiger partial charge in [0.1, 0.15) is 6.61 Å². The lowest BCUT2D eigenvalue weighted by molar-refractivity contribution is -0.121. The van der Waals surface area contributed by atoms with Gasteiger partial charge in [-0.25, -0.2) is 4.79 Å². The topological polar surface area (TPSA) is 98.4 Å². The van der Waals surface area contributed by atoms with E-state index in [-0.39, 0.29) is 18.0 Å². The third-order valence-electron chi connectivity index (χ3n) is 6.48. The first-order chi connectivity index (χ1) is 18.2. The number of nitrogens with one attached hydrogen (secondary N) is 2. The highest BCUT2D eigenvalue weighted by molar-refractivity contribution is 8.00. The van der Waals surface area contributed by atoms with Crippen LogP contribution in [-0.4, -0.2) is 106 Å². The Kier molecular flexibility index (Phi) is 17.5. The first-order valence-corrected chi connectivity index (χ1v) is 14.9. The molecule has 3 atom stereocenters. The van der Waals surface area contributed by atoms with E-state index in [1.807, 2.05) is 11.8 Å². The van der Waals surface area contributed by atoms with Crippen molar-refractivity contribution in [3.8, 4) is 12.3 Å². The van der Waals surface area contributed by atoms with Crippen LogP contribution in [0.3, 0.4) is 0 Å². The summed E-state index contributed by atoms with van der Waals surface area (Å²) < 4.78 is 21.4. The summed E-state index contributed by atoms with van der Waals surface area (Å²) in [5.41, 5.74) is 0. The number of thioether (sulfide) groups is 1. The number of rotatable bonds is 23. The van der Waals surface area contributed by atoms with Gasteiger partial charge in [-0.05, 0) is 19.3 Å². The van der Waals surface area contributed by atoms with Gasteiger partial charge in [0.15, 0.2) is 0 Å². The predicted molar refractivity (Wildman–Crippen MR) is 147 cm³/mol. The number of ether oxygens (including phenoxy) is 4. The Labute approximate surface area is 227 Å². The van der Waals surface area contributed by atoms with E-state index in [0.717, 1.165) is 38.0 Å². The Morgan fingerprint density at radius 3 is 2.43 bits per heavy atom. The van der Waals surface area contributed by atoms with E-state index in [4.69, 9.17) is 25.4 Å². The van der Waals surface area contributed by atoms with Crippen LogP contribution in [0.1, 0.15) is 58.3 Å². The highest BCUT2D eigenvalue weighted by Gasteiger charge is 2.47. The van der Waals surface area contributed by atoms with E-state index < -0.39 is 0 Å². The molecule has 2 heterocycles. The zero-order valence-electron chi connectivity index (χ0n) is 22.5. The fourth-order valence-electron chi connectivity index (χ4n) is 4.59. The van der Waals surface area contributed by atoms with E-state index >= 15 is 0 Å². The average molecular weight is 542 g/mol. The van der Waals surface area contributed by atoms with Crippen molar-refractivity contribution < 1.29 is 28.5 Å². The number of amides is 3. The molecule has 212 valence electrons. The molecule has 9 nitrogen and oxygen atoms in total. The van der Waals surface area contributed by atoms with Gasteiger partial charge in [-0.15, -0.1) is 6.42 Å². The summed E-state index contributed by atoms with van der Waals surface area (Å²) in [6.45, 7) is 7.29. The second-order valence-corrected chi connectivity index (χ2v) is 10.6. The van der Waals surface area contributed by atoms with E-state index in [1.54, 1.807) is 0 Å². The van der Waals surface area contributed by atoms with Crippen LogP contribution in [0, 0.1) is 12.3 Å². The number of terminal acetylenes is 1. The zero-order chi connectivity index (χ0) is 26.6. The van der Waals surface area contributed by atoms with Crippen molar-refractivity contribution in [2.24, 2.45) is 0 Å². The van der Waals surface area contributed by atoms with Crippen molar-refractivity contribution in [2.75, 3.05) is 71.7 Å². The third-order valence-corrected chi connectivity index (χ3v) is 7.97. The van der Waals surface area contributed by atoms with Gasteiger partial charge >= 0.3 is 6.03 Å². The Hall–Kier alpha value is -1.51. The number of fused-ring (bicyclic) bond motifs is 1. The van der Waals surface area contributed by atoms with Gasteiger partial charge in [0, 0.05) is 30.5 Å². The maximum Gasteiger partial charge on any atom is 0.318 e. The van der Waals surface area contributed by atoms with Crippen LogP contribution in [0.2, 0.25) is 0 Å². The number of urea groups is 1. The van der Waals surface area contributed by atoms with Crippen LogP contribution in [0.5, 0.6) is 0 Å². The molecule has 2 rings (SSSR count). The average Bonchev–Trinajstić information content (AvgIpc) is 3.42. The molecule has 2 N–H and O–H groups in total. The second-order valence-electron chi connectivity index (χ2n) is 9.36. The van der Waals surface area contributed by atoms with Gasteiger partial charge in [0.25, 0.3) is 0 Å². The number of nitrogens with zero attached hydrogens (tertiary/aromatic N) is 1. The van der Waals surface area contributed by atoms with Crippen molar-refractivity contribution >= 4 is 23.7 Å². The molecule has 0 spiro atoms. The highest BCUT2D eigenvalue weighted by Crippen LogP contribution is 2.37. The van der Waals surface area contributed by atoms with Crippen LogP contribution >= 0.6 is 11.8 Å². The number of carbonyl (C=O) groups is 2. The minimum Gasteiger partial charge on any atom is -0.377 e. The van der Waals surface area contributed by atoms with E-state index in [9.17, 15) is 9.59 Å². The van der Waals surface area contributed by atoms with Gasteiger partial charge < -0.3 is 34.5 Å². The molecule has 0 aromatic carbocycles. The third kappa shape index (κ3) is 13.2. The lowest BCUT2D eigenvalue weighted by Crippen LogP contribution is -2.41. The Balaban J connectivity index is 1.41. The van der Waals surface area contributed by atoms with Crippen LogP contribution in [-0.2, 0) is 23.7 Å². The second kappa shape index (κ2) is 20.5. The number of hydrogen-bond acceptors (Lipinski definition) is 7. The first-order valence-electron chi connectivity index (χ1n) is 13.9. The molecule has 10 heteroatoms. The molecule has 0 bridgehead atoms. The zero-order valence-corrected chi connectivity index (χ0v) is 23.4. The van der Waals surface area contributed by atoms with Gasteiger partial charge in [-0.1, -0.05) is 38.5 Å². The lowest BCUT2D eigenvalue weighted by atomic mass is 10.0. The van der Waals surface area contributed by atoms with Gasteiger partial charge in [-0.3, -0.25) is 4.79 Å². The summed E-state index contributed by atoms with van der Waals surface area (Å²) in [7, 11) is 0. The van der Waals surface area contributed by atoms with E-state index in [1.165, 1.54) is 19.3 Å². The summed E-state index contributed by atoms with van der Waals surface area (Å²) in [5.74, 6) is 3.46. The van der Waals surface area contributed by atoms with Crippen molar-refractivity contribution in [2.45, 2.75) is 75.6 Å². The summed E-state index contributed by atoms with van der Waals surface area (Å²) in [6.07, 6.45) is 13.2. The molecule has 2 saturated heterocycles. The largest absolute Gasteiger partial charge is 0.377 e. The van der Waals surface area contributed by atoms with Crippen LogP contribution in [0.25, 0.3) is 0 Å². The number of hydrogen-bond donors (Lipinski definition) is 2. The SMILES string of the molecule is C#CCOCCOCCOCCOCCNC(=O)CCCC[C@@H]1SCC2NC(=O)N(CCCCCC)C21. The van der Waals surface area contributed by atoms with Crippen molar-refractivity contribution in [3.05, 3.63) is 0 Å². The minimum atomic E-state index is 0.0652. The van der Waals surface area contributed by atoms with Crippen LogP contribution in [0.15, 0.2) is 0 Å². The van der Waals surface area contributed by atoms with Gasteiger partial charge in [0.05, 0.1) is 58.3 Å². The monoisotopic (exact) mass is 541 g/mol.